The summed E-state index contributed by atoms with van der Waals surface area (Å²) in [7, 11) is 0. The summed E-state index contributed by atoms with van der Waals surface area (Å²) in [6, 6.07) is 25.4. The summed E-state index contributed by atoms with van der Waals surface area (Å²) in [5.74, 6) is 1.52. The van der Waals surface area contributed by atoms with E-state index in [9.17, 15) is 4.79 Å². The van der Waals surface area contributed by atoms with Gasteiger partial charge in [-0.1, -0.05) is 54.6 Å². The number of hydrogen-bond donors (Lipinski definition) is 1. The summed E-state index contributed by atoms with van der Waals surface area (Å²) in [6.07, 6.45) is 4.56. The Labute approximate surface area is 224 Å². The smallest absolute Gasteiger partial charge is 0.231 e. The minimum Gasteiger partial charge on any atom is -0.454 e. The molecule has 4 aromatic rings. The predicted molar refractivity (Wildman–Crippen MR) is 150 cm³/mol. The van der Waals surface area contributed by atoms with E-state index in [-0.39, 0.29) is 24.7 Å². The number of nitrogens with zero attached hydrogens (tertiary/aromatic N) is 2. The number of carbonyl (C=O) groups excluding carboxylic acids is 1. The molecule has 0 radical (unpaired) electrons. The van der Waals surface area contributed by atoms with Gasteiger partial charge in [-0.3, -0.25) is 9.69 Å². The number of piperidine rings is 1. The molecule has 0 spiro atoms. The second kappa shape index (κ2) is 10.9. The maximum atomic E-state index is 13.5. The number of ether oxygens (including phenoxy) is 2. The number of amides is 1. The molecule has 2 aliphatic heterocycles. The first-order chi connectivity index (χ1) is 18.7. The molecule has 1 unspecified atom stereocenters. The van der Waals surface area contributed by atoms with Gasteiger partial charge in [0.15, 0.2) is 11.5 Å². The van der Waals surface area contributed by atoms with Gasteiger partial charge in [-0.2, -0.15) is 0 Å². The first-order valence-corrected chi connectivity index (χ1v) is 13.7. The Balaban J connectivity index is 1.19. The Bertz CT molecular complexity index is 1410. The molecule has 196 valence electrons. The van der Waals surface area contributed by atoms with Crippen molar-refractivity contribution in [1.82, 2.24) is 14.8 Å². The molecular weight excluding hydrogens is 474 g/mol. The van der Waals surface area contributed by atoms with Crippen LogP contribution in [0.5, 0.6) is 11.5 Å². The molecule has 1 saturated heterocycles. The average Bonchev–Trinajstić information content (AvgIpc) is 3.58. The Morgan fingerprint density at radius 3 is 2.55 bits per heavy atom. The van der Waals surface area contributed by atoms with Crippen LogP contribution in [0, 0.1) is 0 Å². The van der Waals surface area contributed by atoms with E-state index in [4.69, 9.17) is 9.47 Å². The van der Waals surface area contributed by atoms with E-state index in [1.165, 1.54) is 22.0 Å². The minimum atomic E-state index is -0.0830. The van der Waals surface area contributed by atoms with Gasteiger partial charge in [0, 0.05) is 61.7 Å². The van der Waals surface area contributed by atoms with Crippen molar-refractivity contribution in [2.24, 2.45) is 0 Å². The maximum Gasteiger partial charge on any atom is 0.231 e. The number of fused-ring (bicyclic) bond motifs is 2. The van der Waals surface area contributed by atoms with E-state index in [0.717, 1.165) is 56.1 Å². The quantitative estimate of drug-likeness (QED) is 0.331. The van der Waals surface area contributed by atoms with E-state index < -0.39 is 0 Å². The second-order valence-electron chi connectivity index (χ2n) is 10.4. The van der Waals surface area contributed by atoms with Gasteiger partial charge in [-0.05, 0) is 54.7 Å². The Morgan fingerprint density at radius 2 is 1.74 bits per heavy atom. The lowest BCUT2D eigenvalue weighted by Gasteiger charge is -2.32. The predicted octanol–water partition coefficient (Wildman–Crippen LogP) is 5.69. The van der Waals surface area contributed by atoms with E-state index in [1.54, 1.807) is 0 Å². The van der Waals surface area contributed by atoms with Gasteiger partial charge in [-0.25, -0.2) is 0 Å². The number of hydrogen-bond acceptors (Lipinski definition) is 4. The molecule has 38 heavy (non-hydrogen) atoms. The van der Waals surface area contributed by atoms with E-state index >= 15 is 0 Å². The van der Waals surface area contributed by atoms with Crippen molar-refractivity contribution in [2.45, 2.75) is 51.2 Å². The van der Waals surface area contributed by atoms with Crippen LogP contribution in [-0.2, 0) is 17.9 Å². The van der Waals surface area contributed by atoms with Gasteiger partial charge < -0.3 is 19.4 Å². The first-order valence-electron chi connectivity index (χ1n) is 13.7. The molecule has 1 aromatic heterocycles. The number of likely N-dealkylation sites (tertiary alicyclic amines) is 1. The first kappa shape index (κ1) is 24.6. The molecule has 6 rings (SSSR count). The molecule has 1 amide bonds. The summed E-state index contributed by atoms with van der Waals surface area (Å²) in [6.45, 7) is 6.23. The van der Waals surface area contributed by atoms with Crippen LogP contribution in [0.1, 0.15) is 48.8 Å². The molecule has 6 heteroatoms. The van der Waals surface area contributed by atoms with Gasteiger partial charge in [0.2, 0.25) is 12.7 Å². The molecule has 0 bridgehead atoms. The van der Waals surface area contributed by atoms with Crippen LogP contribution in [0.3, 0.4) is 0 Å². The van der Waals surface area contributed by atoms with Crippen molar-refractivity contribution in [3.63, 3.8) is 0 Å². The number of aryl methyl sites for hydroxylation is 1. The lowest BCUT2D eigenvalue weighted by molar-refractivity contribution is -0.122. The summed E-state index contributed by atoms with van der Waals surface area (Å²) in [5, 5.41) is 4.56. The van der Waals surface area contributed by atoms with Crippen LogP contribution < -0.4 is 14.8 Å². The van der Waals surface area contributed by atoms with Crippen LogP contribution >= 0.6 is 0 Å². The molecule has 2 aliphatic rings. The van der Waals surface area contributed by atoms with Gasteiger partial charge >= 0.3 is 0 Å². The monoisotopic (exact) mass is 509 g/mol. The van der Waals surface area contributed by atoms with Gasteiger partial charge in [0.05, 0.1) is 0 Å². The van der Waals surface area contributed by atoms with Crippen LogP contribution in [0.25, 0.3) is 10.9 Å². The highest BCUT2D eigenvalue weighted by molar-refractivity contribution is 5.87. The highest BCUT2D eigenvalue weighted by Crippen LogP contribution is 2.40. The van der Waals surface area contributed by atoms with Crippen molar-refractivity contribution in [3.05, 3.63) is 95.7 Å². The lowest BCUT2D eigenvalue weighted by atomic mass is 9.87. The third kappa shape index (κ3) is 5.14. The third-order valence-corrected chi connectivity index (χ3v) is 7.93. The van der Waals surface area contributed by atoms with Crippen molar-refractivity contribution in [2.75, 3.05) is 19.9 Å². The van der Waals surface area contributed by atoms with Crippen molar-refractivity contribution in [1.29, 1.82) is 0 Å². The van der Waals surface area contributed by atoms with Crippen LogP contribution in [-0.4, -0.2) is 41.3 Å². The standard InChI is InChI=1S/C32H35N3O3/c1-2-35-21-28(26-10-6-7-11-29(26)35)27(24-12-13-30-31(18-24)38-22-37-30)19-32(36)33-25-14-16-34(17-15-25)20-23-8-4-3-5-9-23/h3-13,18,21,25,27H,2,14-17,19-20,22H2,1H3,(H,33,36). The zero-order chi connectivity index (χ0) is 25.9. The number of nitrogens with one attached hydrogen (secondary N) is 1. The lowest BCUT2D eigenvalue weighted by Crippen LogP contribution is -2.44. The minimum absolute atomic E-state index is 0.0830. The summed E-state index contributed by atoms with van der Waals surface area (Å²) in [5.41, 5.74) is 4.78. The molecule has 0 saturated carbocycles. The fraction of sp³-hybridized carbons (Fsp3) is 0.344. The van der Waals surface area contributed by atoms with E-state index in [1.807, 2.05) is 12.1 Å². The summed E-state index contributed by atoms with van der Waals surface area (Å²) < 4.78 is 13.5. The Hall–Kier alpha value is -3.77. The topological polar surface area (TPSA) is 55.7 Å². The number of benzene rings is 3. The van der Waals surface area contributed by atoms with Gasteiger partial charge in [0.1, 0.15) is 0 Å². The summed E-state index contributed by atoms with van der Waals surface area (Å²) in [4.78, 5) is 16.0. The van der Waals surface area contributed by atoms with Gasteiger partial charge in [-0.15, -0.1) is 0 Å². The van der Waals surface area contributed by atoms with E-state index in [2.05, 4.69) is 88.6 Å². The zero-order valence-electron chi connectivity index (χ0n) is 21.9. The Kier molecular flexibility index (Phi) is 7.06. The maximum absolute atomic E-state index is 13.5. The van der Waals surface area contributed by atoms with Crippen LogP contribution in [0.4, 0.5) is 0 Å². The highest BCUT2D eigenvalue weighted by atomic mass is 16.7. The van der Waals surface area contributed by atoms with Crippen molar-refractivity contribution < 1.29 is 14.3 Å². The van der Waals surface area contributed by atoms with Gasteiger partial charge in [0.25, 0.3) is 0 Å². The number of carbonyl (C=O) groups is 1. The molecule has 6 nitrogen and oxygen atoms in total. The fourth-order valence-corrected chi connectivity index (χ4v) is 5.90. The Morgan fingerprint density at radius 1 is 0.974 bits per heavy atom. The molecule has 3 aromatic carbocycles. The number of para-hydroxylation sites is 1. The normalized spacial score (nSPS) is 16.6. The summed E-state index contributed by atoms with van der Waals surface area (Å²) >= 11 is 0. The highest BCUT2D eigenvalue weighted by Gasteiger charge is 2.27. The largest absolute Gasteiger partial charge is 0.454 e. The third-order valence-electron chi connectivity index (χ3n) is 7.93. The van der Waals surface area contributed by atoms with Crippen LogP contribution in [0.15, 0.2) is 79.0 Å². The van der Waals surface area contributed by atoms with Crippen molar-refractivity contribution >= 4 is 16.8 Å². The SMILES string of the molecule is CCn1cc(C(CC(=O)NC2CCN(Cc3ccccc3)CC2)c2ccc3c(c2)OCO3)c2ccccc21. The van der Waals surface area contributed by atoms with Crippen LogP contribution in [0.2, 0.25) is 0 Å². The molecule has 0 aliphatic carbocycles. The van der Waals surface area contributed by atoms with E-state index in [0.29, 0.717) is 6.42 Å². The molecule has 3 heterocycles. The molecule has 1 atom stereocenters. The van der Waals surface area contributed by atoms with Crippen molar-refractivity contribution in [3.8, 4) is 11.5 Å². The molecule has 1 N–H and O–H groups in total. The number of rotatable bonds is 8. The number of aromatic nitrogens is 1. The molecule has 1 fully saturated rings. The fourth-order valence-electron chi connectivity index (χ4n) is 5.90. The average molecular weight is 510 g/mol. The zero-order valence-corrected chi connectivity index (χ0v) is 21.9. The second-order valence-corrected chi connectivity index (χ2v) is 10.4. The molecular formula is C32H35N3O3.